The quantitative estimate of drug-likeness (QED) is 0.517. The number of nitrogens with zero attached hydrogens (tertiary/aromatic N) is 3. The van der Waals surface area contributed by atoms with Crippen LogP contribution in [0.25, 0.3) is 11.4 Å². The van der Waals surface area contributed by atoms with Crippen molar-refractivity contribution in [1.82, 2.24) is 14.8 Å². The third-order valence-corrected chi connectivity index (χ3v) is 5.96. The van der Waals surface area contributed by atoms with Crippen LogP contribution >= 0.6 is 23.1 Å². The van der Waals surface area contributed by atoms with E-state index < -0.39 is 0 Å². The average molecular weight is 358 g/mol. The number of benzene rings is 1. The van der Waals surface area contributed by atoms with E-state index in [9.17, 15) is 0 Å². The largest absolute Gasteiger partial charge is 0.302 e. The molecule has 0 saturated carbocycles. The maximum absolute atomic E-state index is 4.46. The number of thiophene rings is 1. The van der Waals surface area contributed by atoms with Crippen LogP contribution in [0.2, 0.25) is 0 Å². The number of aryl methyl sites for hydroxylation is 2. The molecule has 0 N–H and O–H groups in total. The van der Waals surface area contributed by atoms with Crippen LogP contribution in [-0.4, -0.2) is 14.8 Å². The van der Waals surface area contributed by atoms with E-state index in [1.165, 1.54) is 28.0 Å². The normalized spacial score (nSPS) is 11.1. The van der Waals surface area contributed by atoms with Gasteiger partial charge in [0.1, 0.15) is 0 Å². The van der Waals surface area contributed by atoms with Gasteiger partial charge >= 0.3 is 0 Å². The summed E-state index contributed by atoms with van der Waals surface area (Å²) >= 11 is 3.58. The highest BCUT2D eigenvalue weighted by atomic mass is 32.2. The van der Waals surface area contributed by atoms with Gasteiger partial charge in [-0.1, -0.05) is 54.9 Å². The molecule has 2 aromatic heterocycles. The fraction of sp³-hybridized carbons (Fsp3) is 0.368. The van der Waals surface area contributed by atoms with Crippen molar-refractivity contribution >= 4 is 23.1 Å². The zero-order valence-electron chi connectivity index (χ0n) is 14.5. The van der Waals surface area contributed by atoms with Gasteiger partial charge in [-0.05, 0) is 31.9 Å². The molecule has 3 aromatic rings. The monoisotopic (exact) mass is 357 g/mol. The van der Waals surface area contributed by atoms with Gasteiger partial charge in [0.15, 0.2) is 11.0 Å². The Hall–Kier alpha value is -1.59. The Morgan fingerprint density at radius 3 is 2.62 bits per heavy atom. The van der Waals surface area contributed by atoms with Gasteiger partial charge in [0.05, 0.1) is 0 Å². The topological polar surface area (TPSA) is 30.7 Å². The molecule has 5 heteroatoms. The highest BCUT2D eigenvalue weighted by molar-refractivity contribution is 7.98. The van der Waals surface area contributed by atoms with Crippen molar-refractivity contribution < 1.29 is 0 Å². The predicted molar refractivity (Wildman–Crippen MR) is 104 cm³/mol. The molecule has 0 spiro atoms. The molecule has 0 fully saturated rings. The summed E-state index contributed by atoms with van der Waals surface area (Å²) in [5, 5.41) is 12.1. The van der Waals surface area contributed by atoms with Crippen molar-refractivity contribution in [3.8, 4) is 11.4 Å². The zero-order chi connectivity index (χ0) is 16.9. The standard InChI is InChI=1S/C19H23N3S2/c1-4-6-17-11-16(13-23-17)18-20-21-19(22(18)5-2)24-12-15-9-7-14(3)8-10-15/h7-11,13H,4-6,12H2,1-3H3. The summed E-state index contributed by atoms with van der Waals surface area (Å²) < 4.78 is 2.22. The van der Waals surface area contributed by atoms with E-state index in [1.807, 2.05) is 11.3 Å². The Morgan fingerprint density at radius 1 is 1.12 bits per heavy atom. The van der Waals surface area contributed by atoms with E-state index in [4.69, 9.17) is 0 Å². The fourth-order valence-corrected chi connectivity index (χ4v) is 4.53. The van der Waals surface area contributed by atoms with Crippen molar-refractivity contribution in [2.24, 2.45) is 0 Å². The highest BCUT2D eigenvalue weighted by Gasteiger charge is 2.14. The van der Waals surface area contributed by atoms with Crippen LogP contribution < -0.4 is 0 Å². The lowest BCUT2D eigenvalue weighted by atomic mass is 10.2. The van der Waals surface area contributed by atoms with E-state index in [-0.39, 0.29) is 0 Å². The van der Waals surface area contributed by atoms with Gasteiger partial charge in [-0.15, -0.1) is 21.5 Å². The number of rotatable bonds is 7. The van der Waals surface area contributed by atoms with Crippen molar-refractivity contribution in [2.75, 3.05) is 0 Å². The van der Waals surface area contributed by atoms with Crippen molar-refractivity contribution in [1.29, 1.82) is 0 Å². The minimum atomic E-state index is 0.886. The molecular weight excluding hydrogens is 334 g/mol. The predicted octanol–water partition coefficient (Wildman–Crippen LogP) is 5.58. The minimum Gasteiger partial charge on any atom is -0.302 e. The Labute approximate surface area is 152 Å². The third-order valence-electron chi connectivity index (χ3n) is 3.93. The van der Waals surface area contributed by atoms with E-state index in [2.05, 4.69) is 71.2 Å². The molecule has 0 bridgehead atoms. The summed E-state index contributed by atoms with van der Waals surface area (Å²) in [6, 6.07) is 11.0. The number of aromatic nitrogens is 3. The smallest absolute Gasteiger partial charge is 0.191 e. The van der Waals surface area contributed by atoms with E-state index >= 15 is 0 Å². The molecule has 24 heavy (non-hydrogen) atoms. The van der Waals surface area contributed by atoms with Crippen molar-refractivity contribution in [2.45, 2.75) is 51.1 Å². The minimum absolute atomic E-state index is 0.886. The summed E-state index contributed by atoms with van der Waals surface area (Å²) in [7, 11) is 0. The van der Waals surface area contributed by atoms with E-state index in [1.54, 1.807) is 11.8 Å². The fourth-order valence-electron chi connectivity index (χ4n) is 2.60. The second-order valence-electron chi connectivity index (χ2n) is 5.88. The van der Waals surface area contributed by atoms with Crippen LogP contribution in [0, 0.1) is 6.92 Å². The molecule has 0 aliphatic heterocycles. The van der Waals surface area contributed by atoms with Gasteiger partial charge in [0, 0.05) is 28.1 Å². The molecule has 0 amide bonds. The Morgan fingerprint density at radius 2 is 1.92 bits per heavy atom. The van der Waals surface area contributed by atoms with Crippen LogP contribution in [0.15, 0.2) is 40.9 Å². The van der Waals surface area contributed by atoms with Crippen LogP contribution in [0.4, 0.5) is 0 Å². The SMILES string of the molecule is CCCc1cc(-c2nnc(SCc3ccc(C)cc3)n2CC)cs1. The molecule has 0 atom stereocenters. The maximum atomic E-state index is 4.46. The average Bonchev–Trinajstić information content (AvgIpc) is 3.21. The Kier molecular flexibility index (Phi) is 5.74. The van der Waals surface area contributed by atoms with Gasteiger partial charge in [-0.25, -0.2) is 0 Å². The van der Waals surface area contributed by atoms with Gasteiger partial charge in [0.25, 0.3) is 0 Å². The molecule has 126 valence electrons. The van der Waals surface area contributed by atoms with Gasteiger partial charge in [-0.3, -0.25) is 0 Å². The summed E-state index contributed by atoms with van der Waals surface area (Å²) in [6.45, 7) is 7.37. The van der Waals surface area contributed by atoms with Crippen molar-refractivity contribution in [3.05, 3.63) is 51.7 Å². The lowest BCUT2D eigenvalue weighted by molar-refractivity contribution is 0.687. The Balaban J connectivity index is 1.77. The maximum Gasteiger partial charge on any atom is 0.191 e. The van der Waals surface area contributed by atoms with E-state index in [0.717, 1.165) is 29.7 Å². The zero-order valence-corrected chi connectivity index (χ0v) is 16.1. The van der Waals surface area contributed by atoms with Crippen LogP contribution in [0.3, 0.4) is 0 Å². The summed E-state index contributed by atoms with van der Waals surface area (Å²) in [5.74, 6) is 1.91. The summed E-state index contributed by atoms with van der Waals surface area (Å²) in [4.78, 5) is 1.42. The lowest BCUT2D eigenvalue weighted by Crippen LogP contribution is -1.99. The molecule has 3 nitrogen and oxygen atoms in total. The number of hydrogen-bond donors (Lipinski definition) is 0. The number of thioether (sulfide) groups is 1. The molecule has 1 aromatic carbocycles. The molecule has 0 saturated heterocycles. The molecule has 0 radical (unpaired) electrons. The van der Waals surface area contributed by atoms with Gasteiger partial charge in [0.2, 0.25) is 0 Å². The molecule has 3 rings (SSSR count). The lowest BCUT2D eigenvalue weighted by Gasteiger charge is -2.06. The first-order valence-electron chi connectivity index (χ1n) is 8.40. The number of hydrogen-bond acceptors (Lipinski definition) is 4. The molecule has 0 aliphatic rings. The van der Waals surface area contributed by atoms with Crippen molar-refractivity contribution in [3.63, 3.8) is 0 Å². The second-order valence-corrected chi connectivity index (χ2v) is 7.81. The molecule has 2 heterocycles. The first-order chi connectivity index (χ1) is 11.7. The first-order valence-corrected chi connectivity index (χ1v) is 10.3. The van der Waals surface area contributed by atoms with Crippen LogP contribution in [-0.2, 0) is 18.7 Å². The summed E-state index contributed by atoms with van der Waals surface area (Å²) in [6.07, 6.45) is 2.32. The third kappa shape index (κ3) is 3.90. The molecule has 0 aliphatic carbocycles. The van der Waals surface area contributed by atoms with Crippen LogP contribution in [0.5, 0.6) is 0 Å². The highest BCUT2D eigenvalue weighted by Crippen LogP contribution is 2.29. The summed E-state index contributed by atoms with van der Waals surface area (Å²) in [5.41, 5.74) is 3.81. The van der Waals surface area contributed by atoms with E-state index in [0.29, 0.717) is 0 Å². The van der Waals surface area contributed by atoms with Gasteiger partial charge in [-0.2, -0.15) is 0 Å². The Bertz CT molecular complexity index is 787. The first kappa shape index (κ1) is 17.2. The molecular formula is C19H23N3S2. The molecule has 0 unspecified atom stereocenters. The second kappa shape index (κ2) is 7.99. The van der Waals surface area contributed by atoms with Crippen LogP contribution in [0.1, 0.15) is 36.3 Å². The van der Waals surface area contributed by atoms with Gasteiger partial charge < -0.3 is 4.57 Å².